The first-order valence-corrected chi connectivity index (χ1v) is 10.9. The molecule has 0 bridgehead atoms. The van der Waals surface area contributed by atoms with Crippen molar-refractivity contribution in [2.24, 2.45) is 11.3 Å². The Kier molecular flexibility index (Phi) is 6.28. The molecule has 0 aromatic carbocycles. The van der Waals surface area contributed by atoms with Gasteiger partial charge in [0, 0.05) is 35.7 Å². The number of fused-ring (bicyclic) bond motifs is 1. The number of aromatic amines is 1. The summed E-state index contributed by atoms with van der Waals surface area (Å²) in [5.74, 6) is 0.790. The predicted molar refractivity (Wildman–Crippen MR) is 111 cm³/mol. The molecular formula is C22H29N2O3S+. The molecule has 0 saturated heterocycles. The van der Waals surface area contributed by atoms with Crippen molar-refractivity contribution < 1.29 is 19.3 Å². The molecule has 2 aliphatic rings. The van der Waals surface area contributed by atoms with Crippen LogP contribution in [0.4, 0.5) is 0 Å². The van der Waals surface area contributed by atoms with Gasteiger partial charge in [0.1, 0.15) is 12.4 Å². The number of thioether (sulfide) groups is 1. The molecule has 0 spiro atoms. The zero-order chi connectivity index (χ0) is 20.3. The van der Waals surface area contributed by atoms with Crippen LogP contribution in [-0.2, 0) is 14.3 Å². The van der Waals surface area contributed by atoms with Crippen LogP contribution in [0.5, 0.6) is 0 Å². The first kappa shape index (κ1) is 20.6. The number of ketones is 1. The van der Waals surface area contributed by atoms with E-state index in [1.54, 1.807) is 11.8 Å². The minimum atomic E-state index is -0.400. The van der Waals surface area contributed by atoms with Gasteiger partial charge < -0.3 is 10.1 Å². The minimum absolute atomic E-state index is 0.150. The maximum absolute atomic E-state index is 13.1. The van der Waals surface area contributed by atoms with E-state index in [1.807, 2.05) is 31.3 Å². The highest BCUT2D eigenvalue weighted by atomic mass is 32.2. The van der Waals surface area contributed by atoms with Crippen LogP contribution in [-0.4, -0.2) is 29.9 Å². The molecule has 0 saturated carbocycles. The van der Waals surface area contributed by atoms with Gasteiger partial charge in [-0.2, -0.15) is 11.8 Å². The summed E-state index contributed by atoms with van der Waals surface area (Å²) < 4.78 is 5.56. The zero-order valence-corrected chi connectivity index (χ0v) is 17.8. The summed E-state index contributed by atoms with van der Waals surface area (Å²) in [4.78, 5) is 29.4. The lowest BCUT2D eigenvalue weighted by atomic mass is 9.67. The first-order chi connectivity index (χ1) is 13.3. The van der Waals surface area contributed by atoms with Gasteiger partial charge in [0.25, 0.3) is 0 Å². The number of carbonyl (C=O) groups is 2. The van der Waals surface area contributed by atoms with Crippen molar-refractivity contribution in [3.8, 4) is 0 Å². The number of hydrogen-bond acceptors (Lipinski definition) is 5. The molecule has 2 unspecified atom stereocenters. The number of rotatable bonds is 6. The standard InChI is InChI=1S/C22H28N2O3S/c1-5-28-11-10-27-21(26)18-14(2)24-16-12-22(3,4)13-17(25)19(16)20(18)15-8-6-7-9-23-15/h6-9,12,19-20,24H,5,10-11,13H2,1-4H3/p+1. The molecule has 5 nitrogen and oxygen atoms in total. The Balaban J connectivity index is 2.01. The second-order valence-corrected chi connectivity index (χ2v) is 9.39. The third-order valence-electron chi connectivity index (χ3n) is 5.19. The van der Waals surface area contributed by atoms with Gasteiger partial charge in [-0.05, 0) is 18.1 Å². The molecule has 1 aliphatic carbocycles. The highest BCUT2D eigenvalue weighted by Crippen LogP contribution is 2.45. The molecule has 1 aromatic rings. The number of aromatic nitrogens is 1. The van der Waals surface area contributed by atoms with E-state index in [9.17, 15) is 9.59 Å². The average Bonchev–Trinajstić information content (AvgIpc) is 2.63. The van der Waals surface area contributed by atoms with Gasteiger partial charge in [0.15, 0.2) is 11.9 Å². The summed E-state index contributed by atoms with van der Waals surface area (Å²) in [6.07, 6.45) is 4.42. The van der Waals surface area contributed by atoms with Crippen LogP contribution in [0.15, 0.2) is 47.4 Å². The Labute approximate surface area is 171 Å². The van der Waals surface area contributed by atoms with Crippen LogP contribution in [0.3, 0.4) is 0 Å². The van der Waals surface area contributed by atoms with E-state index in [1.165, 1.54) is 0 Å². The van der Waals surface area contributed by atoms with Crippen LogP contribution in [0.25, 0.3) is 0 Å². The van der Waals surface area contributed by atoms with Gasteiger partial charge in [-0.3, -0.25) is 4.79 Å². The van der Waals surface area contributed by atoms with E-state index in [2.05, 4.69) is 37.1 Å². The van der Waals surface area contributed by atoms with Crippen LogP contribution in [0.2, 0.25) is 0 Å². The number of Topliss-reactive ketones (excluding diaryl/α,β-unsaturated/α-hetero) is 1. The van der Waals surface area contributed by atoms with Crippen LogP contribution < -0.4 is 10.3 Å². The lowest BCUT2D eigenvalue weighted by Crippen LogP contribution is -2.44. The van der Waals surface area contributed by atoms with Gasteiger partial charge in [-0.15, -0.1) is 0 Å². The number of hydrogen-bond donors (Lipinski definition) is 1. The Morgan fingerprint density at radius 1 is 1.36 bits per heavy atom. The van der Waals surface area contributed by atoms with Gasteiger partial charge in [-0.1, -0.05) is 32.9 Å². The van der Waals surface area contributed by atoms with Crippen LogP contribution in [0, 0.1) is 11.3 Å². The Hall–Kier alpha value is -2.08. The number of H-pyrrole nitrogens is 1. The fraction of sp³-hybridized carbons (Fsp3) is 0.500. The maximum atomic E-state index is 13.1. The van der Waals surface area contributed by atoms with Crippen molar-refractivity contribution in [1.82, 2.24) is 5.32 Å². The Bertz CT molecular complexity index is 814. The lowest BCUT2D eigenvalue weighted by Gasteiger charge is -2.39. The zero-order valence-electron chi connectivity index (χ0n) is 17.0. The smallest absolute Gasteiger partial charge is 0.336 e. The van der Waals surface area contributed by atoms with E-state index >= 15 is 0 Å². The molecule has 28 heavy (non-hydrogen) atoms. The fourth-order valence-electron chi connectivity index (χ4n) is 4.09. The van der Waals surface area contributed by atoms with Crippen molar-refractivity contribution >= 4 is 23.5 Å². The molecule has 1 aromatic heterocycles. The van der Waals surface area contributed by atoms with Crippen molar-refractivity contribution in [3.63, 3.8) is 0 Å². The van der Waals surface area contributed by atoms with Gasteiger partial charge in [0.05, 0.1) is 17.4 Å². The molecule has 2 N–H and O–H groups in total. The topological polar surface area (TPSA) is 69.5 Å². The maximum Gasteiger partial charge on any atom is 0.336 e. The Morgan fingerprint density at radius 2 is 2.14 bits per heavy atom. The summed E-state index contributed by atoms with van der Waals surface area (Å²) in [7, 11) is 0. The molecule has 3 rings (SSSR count). The summed E-state index contributed by atoms with van der Waals surface area (Å²) in [6.45, 7) is 8.46. The Morgan fingerprint density at radius 3 is 2.82 bits per heavy atom. The van der Waals surface area contributed by atoms with E-state index in [0.29, 0.717) is 18.6 Å². The lowest BCUT2D eigenvalue weighted by molar-refractivity contribution is -0.392. The van der Waals surface area contributed by atoms with Crippen molar-refractivity contribution in [1.29, 1.82) is 0 Å². The number of carbonyl (C=O) groups excluding carboxylic acids is 2. The van der Waals surface area contributed by atoms with Gasteiger partial charge in [-0.25, -0.2) is 9.78 Å². The fourth-order valence-corrected chi connectivity index (χ4v) is 4.58. The van der Waals surface area contributed by atoms with Crippen molar-refractivity contribution in [3.05, 3.63) is 53.1 Å². The SMILES string of the molecule is CCSCCOC(=O)C1=C(C)NC2=CC(C)(C)CC(=O)C2C1c1cccc[nH+]1. The number of allylic oxidation sites excluding steroid dienone is 3. The number of esters is 1. The van der Waals surface area contributed by atoms with E-state index in [-0.39, 0.29) is 23.1 Å². The molecule has 0 radical (unpaired) electrons. The highest BCUT2D eigenvalue weighted by molar-refractivity contribution is 7.99. The minimum Gasteiger partial charge on any atom is -0.461 e. The van der Waals surface area contributed by atoms with Crippen LogP contribution in [0.1, 0.15) is 45.7 Å². The summed E-state index contributed by atoms with van der Waals surface area (Å²) in [6, 6.07) is 5.75. The monoisotopic (exact) mass is 401 g/mol. The number of ether oxygens (including phenoxy) is 1. The summed E-state index contributed by atoms with van der Waals surface area (Å²) in [5, 5.41) is 3.34. The first-order valence-electron chi connectivity index (χ1n) is 9.79. The number of nitrogens with one attached hydrogen (secondary N) is 2. The molecule has 2 heterocycles. The van der Waals surface area contributed by atoms with E-state index < -0.39 is 5.92 Å². The predicted octanol–water partition coefficient (Wildman–Crippen LogP) is 3.26. The third-order valence-corrected chi connectivity index (χ3v) is 6.05. The normalized spacial score (nSPS) is 23.6. The largest absolute Gasteiger partial charge is 0.461 e. The van der Waals surface area contributed by atoms with Crippen LogP contribution >= 0.6 is 11.8 Å². The quantitative estimate of drug-likeness (QED) is 0.585. The van der Waals surface area contributed by atoms with Crippen molar-refractivity contribution in [2.75, 3.05) is 18.1 Å². The molecule has 0 fully saturated rings. The molecule has 2 atom stereocenters. The summed E-state index contributed by atoms with van der Waals surface area (Å²) >= 11 is 1.73. The van der Waals surface area contributed by atoms with Gasteiger partial charge >= 0.3 is 5.97 Å². The molecular weight excluding hydrogens is 372 g/mol. The summed E-state index contributed by atoms with van der Waals surface area (Å²) in [5.41, 5.74) is 2.83. The molecule has 0 amide bonds. The van der Waals surface area contributed by atoms with Gasteiger partial charge in [0.2, 0.25) is 0 Å². The second kappa shape index (κ2) is 8.52. The van der Waals surface area contributed by atoms with E-state index in [4.69, 9.17) is 4.74 Å². The molecule has 6 heteroatoms. The second-order valence-electron chi connectivity index (χ2n) is 8.00. The van der Waals surface area contributed by atoms with E-state index in [0.717, 1.165) is 28.6 Å². The van der Waals surface area contributed by atoms with Crippen molar-refractivity contribution in [2.45, 2.75) is 40.0 Å². The third kappa shape index (κ3) is 4.32. The highest BCUT2D eigenvalue weighted by Gasteiger charge is 2.48. The number of pyridine rings is 1. The molecule has 150 valence electrons. The average molecular weight is 402 g/mol. The molecule has 1 aliphatic heterocycles.